The van der Waals surface area contributed by atoms with Crippen molar-refractivity contribution in [3.8, 4) is 0 Å². The van der Waals surface area contributed by atoms with Gasteiger partial charge >= 0.3 is 5.97 Å². The lowest BCUT2D eigenvalue weighted by Crippen LogP contribution is -2.71. The highest BCUT2D eigenvalue weighted by atomic mass is 19.1. The normalized spacial score (nSPS) is 46.2. The van der Waals surface area contributed by atoms with Crippen LogP contribution in [-0.2, 0) is 23.9 Å². The molecule has 0 heterocycles. The van der Waals surface area contributed by atoms with Crippen LogP contribution in [0.15, 0.2) is 23.8 Å². The number of rotatable bonds is 4. The highest BCUT2D eigenvalue weighted by Gasteiger charge is 2.77. The topological polar surface area (TPSA) is 118 Å². The molecule has 0 saturated heterocycles. The number of allylic oxidation sites excluding steroid dienone is 4. The minimum absolute atomic E-state index is 0.0104. The third-order valence-corrected chi connectivity index (χ3v) is 9.15. The molecule has 0 radical (unpaired) electrons. The van der Waals surface area contributed by atoms with Crippen LogP contribution in [0.1, 0.15) is 53.4 Å². The number of Topliss-reactive ketones (excluding diaryl/α,β-unsaturated/α-hetero) is 2. The van der Waals surface area contributed by atoms with Gasteiger partial charge in [-0.15, -0.1) is 0 Å². The number of carbonyl (C=O) groups excluding carboxylic acids is 4. The quantitative estimate of drug-likeness (QED) is 0.614. The Morgan fingerprint density at radius 3 is 2.52 bits per heavy atom. The molecule has 0 aromatic heterocycles. The number of fused-ring (bicyclic) bond motifs is 5. The fourth-order valence-corrected chi connectivity index (χ4v) is 7.60. The summed E-state index contributed by atoms with van der Waals surface area (Å²) in [6.07, 6.45) is 2.03. The molecule has 8 heteroatoms. The molecule has 180 valence electrons. The van der Waals surface area contributed by atoms with Gasteiger partial charge in [0, 0.05) is 35.7 Å². The number of esters is 1. The van der Waals surface area contributed by atoms with Gasteiger partial charge in [0.2, 0.25) is 5.78 Å². The van der Waals surface area contributed by atoms with E-state index in [1.165, 1.54) is 19.1 Å². The molecule has 3 saturated carbocycles. The van der Waals surface area contributed by atoms with Crippen molar-refractivity contribution in [1.82, 2.24) is 0 Å². The number of ether oxygens (including phenoxy) is 1. The second-order valence-electron chi connectivity index (χ2n) is 10.5. The molecule has 33 heavy (non-hydrogen) atoms. The van der Waals surface area contributed by atoms with E-state index in [0.717, 1.165) is 6.08 Å². The SMILES string of the molecule is CCC(=O)O[C@]1(C(=O)CO)[C@@H](C)C[C@H]2[C@@H]3CC(=O)C4=CC(=O)C=C[C@]4(C)[C@@]3(F)[C@@H](O)C[C@@]21C. The van der Waals surface area contributed by atoms with E-state index in [1.54, 1.807) is 20.8 Å². The summed E-state index contributed by atoms with van der Waals surface area (Å²) in [7, 11) is 0. The van der Waals surface area contributed by atoms with E-state index in [2.05, 4.69) is 0 Å². The Morgan fingerprint density at radius 2 is 1.91 bits per heavy atom. The van der Waals surface area contributed by atoms with Crippen LogP contribution in [0, 0.1) is 28.6 Å². The van der Waals surface area contributed by atoms with Gasteiger partial charge in [-0.3, -0.25) is 19.2 Å². The van der Waals surface area contributed by atoms with Crippen molar-refractivity contribution in [1.29, 1.82) is 0 Å². The molecule has 4 rings (SSSR count). The Hall–Kier alpha value is -2.19. The van der Waals surface area contributed by atoms with Crippen LogP contribution in [0.25, 0.3) is 0 Å². The summed E-state index contributed by atoms with van der Waals surface area (Å²) in [5.41, 5.74) is -6.64. The number of hydrogen-bond donors (Lipinski definition) is 2. The third-order valence-electron chi connectivity index (χ3n) is 9.15. The lowest BCUT2D eigenvalue weighted by Gasteiger charge is -2.62. The Kier molecular flexibility index (Phi) is 5.37. The number of aliphatic hydroxyl groups excluding tert-OH is 2. The average Bonchev–Trinajstić information content (AvgIpc) is 2.98. The maximum atomic E-state index is 17.2. The molecule has 0 amide bonds. The van der Waals surface area contributed by atoms with Gasteiger partial charge < -0.3 is 14.9 Å². The average molecular weight is 463 g/mol. The van der Waals surface area contributed by atoms with Crippen molar-refractivity contribution in [2.45, 2.75) is 70.8 Å². The van der Waals surface area contributed by atoms with Crippen LogP contribution in [0.4, 0.5) is 4.39 Å². The smallest absolute Gasteiger partial charge is 0.306 e. The highest BCUT2D eigenvalue weighted by Crippen LogP contribution is 2.71. The van der Waals surface area contributed by atoms with Crippen molar-refractivity contribution in [2.24, 2.45) is 28.6 Å². The van der Waals surface area contributed by atoms with Crippen LogP contribution in [0.2, 0.25) is 0 Å². The summed E-state index contributed by atoms with van der Waals surface area (Å²) < 4.78 is 23.0. The van der Waals surface area contributed by atoms with Crippen LogP contribution < -0.4 is 0 Å². The second kappa shape index (κ2) is 7.40. The Bertz CT molecular complexity index is 1000. The first-order chi connectivity index (χ1) is 15.3. The van der Waals surface area contributed by atoms with Crippen LogP contribution in [0.5, 0.6) is 0 Å². The standard InChI is InChI=1S/C25H31FO7/c1-5-21(32)33-25(20(31)12-27)13(2)8-15-16-10-18(29)17-9-14(28)6-7-22(17,3)24(16,26)19(30)11-23(15,25)4/h6-7,9,13,15-16,19,27,30H,5,8,10-12H2,1-4H3/t13-,15-,16-,19-,22-,23-,24-,25-/m0/s1. The number of ketones is 3. The minimum atomic E-state index is -2.26. The summed E-state index contributed by atoms with van der Waals surface area (Å²) in [6, 6.07) is 0. The lowest BCUT2D eigenvalue weighted by atomic mass is 9.44. The predicted molar refractivity (Wildman–Crippen MR) is 114 cm³/mol. The molecule has 7 nitrogen and oxygen atoms in total. The van der Waals surface area contributed by atoms with E-state index in [1.807, 2.05) is 0 Å². The summed E-state index contributed by atoms with van der Waals surface area (Å²) in [5.74, 6) is -4.17. The van der Waals surface area contributed by atoms with Gasteiger partial charge in [-0.1, -0.05) is 26.8 Å². The molecule has 0 aromatic rings. The largest absolute Gasteiger partial charge is 0.450 e. The molecule has 4 aliphatic rings. The molecule has 0 bridgehead atoms. The Labute approximate surface area is 192 Å². The number of alkyl halides is 1. The van der Waals surface area contributed by atoms with Gasteiger partial charge in [-0.25, -0.2) is 4.39 Å². The fourth-order valence-electron chi connectivity index (χ4n) is 7.60. The van der Waals surface area contributed by atoms with Crippen LogP contribution >= 0.6 is 0 Å². The van der Waals surface area contributed by atoms with E-state index in [4.69, 9.17) is 4.74 Å². The fraction of sp³-hybridized carbons (Fsp3) is 0.680. The minimum Gasteiger partial charge on any atom is -0.450 e. The first-order valence-electron chi connectivity index (χ1n) is 11.5. The molecule has 0 aliphatic heterocycles. The molecule has 0 aromatic carbocycles. The Balaban J connectivity index is 1.89. The van der Waals surface area contributed by atoms with Gasteiger partial charge in [0.15, 0.2) is 22.8 Å². The van der Waals surface area contributed by atoms with E-state index in [0.29, 0.717) is 0 Å². The first kappa shape index (κ1) is 24.0. The van der Waals surface area contributed by atoms with E-state index in [9.17, 15) is 29.4 Å². The summed E-state index contributed by atoms with van der Waals surface area (Å²) in [6.45, 7) is 5.67. The van der Waals surface area contributed by atoms with Crippen molar-refractivity contribution < 1.29 is 38.5 Å². The van der Waals surface area contributed by atoms with E-state index in [-0.39, 0.29) is 37.0 Å². The van der Waals surface area contributed by atoms with Crippen molar-refractivity contribution in [3.05, 3.63) is 23.8 Å². The molecule has 3 fully saturated rings. The lowest BCUT2D eigenvalue weighted by molar-refractivity contribution is -0.227. The van der Waals surface area contributed by atoms with E-state index >= 15 is 4.39 Å². The van der Waals surface area contributed by atoms with E-state index < -0.39 is 70.1 Å². The van der Waals surface area contributed by atoms with Crippen molar-refractivity contribution >= 4 is 23.3 Å². The zero-order valence-electron chi connectivity index (χ0n) is 19.4. The maximum absolute atomic E-state index is 17.2. The number of halogens is 1. The molecule has 0 spiro atoms. The monoisotopic (exact) mass is 462 g/mol. The second-order valence-corrected chi connectivity index (χ2v) is 10.5. The molecule has 2 N–H and O–H groups in total. The van der Waals surface area contributed by atoms with Gasteiger partial charge in [0.25, 0.3) is 0 Å². The molecular weight excluding hydrogens is 431 g/mol. The first-order valence-corrected chi connectivity index (χ1v) is 11.5. The zero-order chi connectivity index (χ0) is 24.6. The van der Waals surface area contributed by atoms with Crippen LogP contribution in [-0.4, -0.2) is 57.5 Å². The number of hydrogen-bond acceptors (Lipinski definition) is 7. The Morgan fingerprint density at radius 1 is 1.24 bits per heavy atom. The summed E-state index contributed by atoms with van der Waals surface area (Å²) in [5, 5.41) is 21.1. The van der Waals surface area contributed by atoms with Gasteiger partial charge in [0.05, 0.1) is 11.5 Å². The predicted octanol–water partition coefficient (Wildman–Crippen LogP) is 2.04. The summed E-state index contributed by atoms with van der Waals surface area (Å²) in [4.78, 5) is 50.7. The van der Waals surface area contributed by atoms with Crippen molar-refractivity contribution in [3.63, 3.8) is 0 Å². The van der Waals surface area contributed by atoms with Gasteiger partial charge in [0.1, 0.15) is 6.61 Å². The van der Waals surface area contributed by atoms with Gasteiger partial charge in [-0.05, 0) is 37.8 Å². The van der Waals surface area contributed by atoms with Crippen LogP contribution in [0.3, 0.4) is 0 Å². The summed E-state index contributed by atoms with van der Waals surface area (Å²) >= 11 is 0. The maximum Gasteiger partial charge on any atom is 0.306 e. The molecule has 4 aliphatic carbocycles. The number of carbonyl (C=O) groups is 4. The molecule has 8 atom stereocenters. The zero-order valence-corrected chi connectivity index (χ0v) is 19.4. The van der Waals surface area contributed by atoms with Crippen molar-refractivity contribution in [2.75, 3.05) is 6.61 Å². The number of aliphatic hydroxyl groups is 2. The third kappa shape index (κ3) is 2.74. The highest BCUT2D eigenvalue weighted by molar-refractivity contribution is 6.10. The molecular formula is C25H31FO7. The van der Waals surface area contributed by atoms with Gasteiger partial charge in [-0.2, -0.15) is 0 Å². The molecule has 0 unspecified atom stereocenters.